The van der Waals surface area contributed by atoms with Crippen molar-refractivity contribution in [3.63, 3.8) is 0 Å². The van der Waals surface area contributed by atoms with Crippen molar-refractivity contribution in [1.29, 1.82) is 0 Å². The molecule has 2 nitrogen and oxygen atoms in total. The zero-order valence-electron chi connectivity index (χ0n) is 9.25. The van der Waals surface area contributed by atoms with Gasteiger partial charge in [0.25, 0.3) is 0 Å². The van der Waals surface area contributed by atoms with Crippen LogP contribution < -0.4 is 4.74 Å². The molecular formula is C13H16O2. The summed E-state index contributed by atoms with van der Waals surface area (Å²) in [6, 6.07) is 7.52. The Labute approximate surface area is 90.3 Å². The van der Waals surface area contributed by atoms with Crippen LogP contribution in [0.15, 0.2) is 24.3 Å². The van der Waals surface area contributed by atoms with Crippen LogP contribution >= 0.6 is 0 Å². The summed E-state index contributed by atoms with van der Waals surface area (Å²) in [6.07, 6.45) is 2.51. The minimum atomic E-state index is -0.585. The molecule has 1 aliphatic rings. The van der Waals surface area contributed by atoms with E-state index in [0.29, 0.717) is 0 Å². The fraction of sp³-hybridized carbons (Fsp3) is 0.462. The number of hydrogen-bond donors (Lipinski definition) is 0. The molecule has 15 heavy (non-hydrogen) atoms. The number of ketones is 1. The first-order chi connectivity index (χ1) is 7.23. The Kier molecular flexibility index (Phi) is 2.51. The summed E-state index contributed by atoms with van der Waals surface area (Å²) in [5.41, 5.74) is 0.158. The highest BCUT2D eigenvalue weighted by Gasteiger charge is 2.45. The van der Waals surface area contributed by atoms with Crippen LogP contribution in [0.25, 0.3) is 0 Å². The number of para-hydroxylation sites is 1. The Bertz CT molecular complexity index is 384. The minimum absolute atomic E-state index is 0.155. The molecule has 0 bridgehead atoms. The van der Waals surface area contributed by atoms with Gasteiger partial charge in [0.05, 0.1) is 5.56 Å². The number of carbonyl (C=O) groups excluding carboxylic acids is 1. The quantitative estimate of drug-likeness (QED) is 0.755. The number of benzene rings is 1. The number of carbonyl (C=O) groups is 1. The average Bonchev–Trinajstić information content (AvgIpc) is 2.54. The van der Waals surface area contributed by atoms with E-state index in [9.17, 15) is 4.79 Å². The fourth-order valence-corrected chi connectivity index (χ4v) is 2.22. The first-order valence-electron chi connectivity index (χ1n) is 5.56. The number of rotatable bonds is 3. The van der Waals surface area contributed by atoms with Gasteiger partial charge in [-0.1, -0.05) is 32.4 Å². The molecule has 0 fully saturated rings. The SMILES string of the molecule is CCCC1(CC)Oc2ccccc2C1=O. The van der Waals surface area contributed by atoms with Crippen molar-refractivity contribution in [2.75, 3.05) is 0 Å². The van der Waals surface area contributed by atoms with Gasteiger partial charge in [-0.15, -0.1) is 0 Å². The first kappa shape index (κ1) is 10.2. The maximum Gasteiger partial charge on any atom is 0.210 e. The lowest BCUT2D eigenvalue weighted by atomic mass is 9.88. The highest BCUT2D eigenvalue weighted by atomic mass is 16.5. The number of fused-ring (bicyclic) bond motifs is 1. The second-order valence-electron chi connectivity index (χ2n) is 4.03. The summed E-state index contributed by atoms with van der Waals surface area (Å²) >= 11 is 0. The standard InChI is InChI=1S/C13H16O2/c1-3-9-13(4-2)12(14)10-7-5-6-8-11(10)15-13/h5-8H,3-4,9H2,1-2H3. The highest BCUT2D eigenvalue weighted by molar-refractivity contribution is 6.07. The van der Waals surface area contributed by atoms with Gasteiger partial charge in [0.1, 0.15) is 5.75 Å². The Morgan fingerprint density at radius 3 is 2.60 bits per heavy atom. The minimum Gasteiger partial charge on any atom is -0.478 e. The van der Waals surface area contributed by atoms with Crippen LogP contribution in [0.2, 0.25) is 0 Å². The molecule has 0 aromatic heterocycles. The first-order valence-corrected chi connectivity index (χ1v) is 5.56. The van der Waals surface area contributed by atoms with Gasteiger partial charge in [-0.05, 0) is 25.0 Å². The molecule has 0 aliphatic carbocycles. The molecule has 1 heterocycles. The lowest BCUT2D eigenvalue weighted by molar-refractivity contribution is 0.0504. The van der Waals surface area contributed by atoms with E-state index >= 15 is 0 Å². The van der Waals surface area contributed by atoms with Gasteiger partial charge in [-0.25, -0.2) is 0 Å². The van der Waals surface area contributed by atoms with Gasteiger partial charge >= 0.3 is 0 Å². The Morgan fingerprint density at radius 2 is 2.00 bits per heavy atom. The lowest BCUT2D eigenvalue weighted by Crippen LogP contribution is -2.39. The largest absolute Gasteiger partial charge is 0.478 e. The summed E-state index contributed by atoms with van der Waals surface area (Å²) in [5, 5.41) is 0. The van der Waals surface area contributed by atoms with E-state index in [2.05, 4.69) is 6.92 Å². The number of hydrogen-bond acceptors (Lipinski definition) is 2. The van der Waals surface area contributed by atoms with Gasteiger partial charge in [0, 0.05) is 0 Å². The van der Waals surface area contributed by atoms with E-state index in [-0.39, 0.29) is 5.78 Å². The van der Waals surface area contributed by atoms with Gasteiger partial charge in [-0.3, -0.25) is 4.79 Å². The van der Waals surface area contributed by atoms with E-state index in [1.165, 1.54) is 0 Å². The molecular weight excluding hydrogens is 188 g/mol. The van der Waals surface area contributed by atoms with E-state index in [1.54, 1.807) is 0 Å². The van der Waals surface area contributed by atoms with Crippen LogP contribution in [0.1, 0.15) is 43.5 Å². The smallest absolute Gasteiger partial charge is 0.210 e. The van der Waals surface area contributed by atoms with E-state index < -0.39 is 5.60 Å². The topological polar surface area (TPSA) is 26.3 Å². The highest BCUT2D eigenvalue weighted by Crippen LogP contribution is 2.39. The van der Waals surface area contributed by atoms with Crippen molar-refractivity contribution in [3.8, 4) is 5.75 Å². The molecule has 2 rings (SSSR count). The summed E-state index contributed by atoms with van der Waals surface area (Å²) in [4.78, 5) is 12.2. The Balaban J connectivity index is 2.40. The monoisotopic (exact) mass is 204 g/mol. The third kappa shape index (κ3) is 1.44. The molecule has 1 unspecified atom stereocenters. The molecule has 1 aromatic carbocycles. The van der Waals surface area contributed by atoms with Gasteiger partial charge < -0.3 is 4.74 Å². The maximum absolute atomic E-state index is 12.2. The van der Waals surface area contributed by atoms with E-state index in [0.717, 1.165) is 30.6 Å². The van der Waals surface area contributed by atoms with Crippen molar-refractivity contribution < 1.29 is 9.53 Å². The zero-order valence-corrected chi connectivity index (χ0v) is 9.25. The Morgan fingerprint density at radius 1 is 1.27 bits per heavy atom. The van der Waals surface area contributed by atoms with Crippen LogP contribution in [0.4, 0.5) is 0 Å². The summed E-state index contributed by atoms with van der Waals surface area (Å²) in [7, 11) is 0. The molecule has 0 amide bonds. The summed E-state index contributed by atoms with van der Waals surface area (Å²) < 4.78 is 5.85. The fourth-order valence-electron chi connectivity index (χ4n) is 2.22. The summed E-state index contributed by atoms with van der Waals surface area (Å²) in [5.74, 6) is 0.903. The van der Waals surface area contributed by atoms with Crippen LogP contribution in [-0.4, -0.2) is 11.4 Å². The van der Waals surface area contributed by atoms with Crippen molar-refractivity contribution in [2.45, 2.75) is 38.7 Å². The van der Waals surface area contributed by atoms with Crippen molar-refractivity contribution in [2.24, 2.45) is 0 Å². The molecule has 0 radical (unpaired) electrons. The predicted octanol–water partition coefficient (Wildman–Crippen LogP) is 3.21. The third-order valence-electron chi connectivity index (χ3n) is 3.08. The molecule has 0 saturated carbocycles. The van der Waals surface area contributed by atoms with Gasteiger partial charge in [-0.2, -0.15) is 0 Å². The van der Waals surface area contributed by atoms with Crippen LogP contribution in [0.3, 0.4) is 0 Å². The molecule has 2 heteroatoms. The van der Waals surface area contributed by atoms with E-state index in [1.807, 2.05) is 31.2 Å². The molecule has 0 saturated heterocycles. The Hall–Kier alpha value is -1.31. The van der Waals surface area contributed by atoms with Crippen molar-refractivity contribution in [1.82, 2.24) is 0 Å². The molecule has 80 valence electrons. The molecule has 0 N–H and O–H groups in total. The second kappa shape index (κ2) is 3.69. The average molecular weight is 204 g/mol. The normalized spacial score (nSPS) is 23.7. The number of ether oxygens (including phenoxy) is 1. The van der Waals surface area contributed by atoms with Crippen LogP contribution in [-0.2, 0) is 0 Å². The molecule has 0 spiro atoms. The van der Waals surface area contributed by atoms with Crippen LogP contribution in [0.5, 0.6) is 5.75 Å². The molecule has 1 atom stereocenters. The van der Waals surface area contributed by atoms with Crippen molar-refractivity contribution >= 4 is 5.78 Å². The molecule has 1 aliphatic heterocycles. The lowest BCUT2D eigenvalue weighted by Gasteiger charge is -2.25. The van der Waals surface area contributed by atoms with Gasteiger partial charge in [0.2, 0.25) is 5.78 Å². The summed E-state index contributed by atoms with van der Waals surface area (Å²) in [6.45, 7) is 4.09. The van der Waals surface area contributed by atoms with Crippen molar-refractivity contribution in [3.05, 3.63) is 29.8 Å². The van der Waals surface area contributed by atoms with Crippen LogP contribution in [0, 0.1) is 0 Å². The van der Waals surface area contributed by atoms with Gasteiger partial charge in [0.15, 0.2) is 5.60 Å². The zero-order chi connectivity index (χ0) is 10.9. The predicted molar refractivity (Wildman–Crippen MR) is 59.3 cm³/mol. The van der Waals surface area contributed by atoms with E-state index in [4.69, 9.17) is 4.74 Å². The second-order valence-corrected chi connectivity index (χ2v) is 4.03. The third-order valence-corrected chi connectivity index (χ3v) is 3.08. The molecule has 1 aromatic rings. The maximum atomic E-state index is 12.2. The number of Topliss-reactive ketones (excluding diaryl/α,β-unsaturated/α-hetero) is 1.